The summed E-state index contributed by atoms with van der Waals surface area (Å²) in [5, 5.41) is 1.53. The van der Waals surface area contributed by atoms with Gasteiger partial charge in [-0.25, -0.2) is 0 Å². The Morgan fingerprint density at radius 3 is 2.38 bits per heavy atom. The van der Waals surface area contributed by atoms with Crippen LogP contribution in [0.3, 0.4) is 0 Å². The third-order valence-electron chi connectivity index (χ3n) is 1.86. The lowest BCUT2D eigenvalue weighted by molar-refractivity contribution is 1.47. The Balaban J connectivity index is 2.05. The predicted octanol–water partition coefficient (Wildman–Crippen LogP) is 5.79. The third kappa shape index (κ3) is 3.36. The Morgan fingerprint density at radius 1 is 0.812 bits per heavy atom. The molecule has 2 rings (SSSR count). The van der Waals surface area contributed by atoms with Crippen molar-refractivity contribution in [2.24, 2.45) is 0 Å². The van der Waals surface area contributed by atoms with Crippen molar-refractivity contribution in [2.45, 2.75) is 9.79 Å². The summed E-state index contributed by atoms with van der Waals surface area (Å²) in [7, 11) is 3.28. The van der Waals surface area contributed by atoms with Gasteiger partial charge in [0.2, 0.25) is 0 Å². The summed E-state index contributed by atoms with van der Waals surface area (Å²) >= 11 is 12.0. The lowest BCUT2D eigenvalue weighted by Gasteiger charge is -2.03. The van der Waals surface area contributed by atoms with Gasteiger partial charge in [0.25, 0.3) is 0 Å². The van der Waals surface area contributed by atoms with Gasteiger partial charge in [-0.1, -0.05) is 63.0 Å². The van der Waals surface area contributed by atoms with Crippen molar-refractivity contribution in [3.63, 3.8) is 0 Å². The lowest BCUT2D eigenvalue weighted by Crippen LogP contribution is -1.71. The summed E-state index contributed by atoms with van der Waals surface area (Å²) in [5.41, 5.74) is 0. The summed E-state index contributed by atoms with van der Waals surface area (Å²) in [6.45, 7) is 0. The van der Waals surface area contributed by atoms with Crippen LogP contribution in [0.15, 0.2) is 58.3 Å². The fraction of sp³-hybridized carbons (Fsp3) is 0. The van der Waals surface area contributed by atoms with Crippen molar-refractivity contribution in [3.8, 4) is 0 Å². The highest BCUT2D eigenvalue weighted by molar-refractivity contribution is 8.76. The Hall–Kier alpha value is -0.280. The number of rotatable bonds is 3. The van der Waals surface area contributed by atoms with Crippen LogP contribution in [0.4, 0.5) is 0 Å². The summed E-state index contributed by atoms with van der Waals surface area (Å²) < 4.78 is 0. The van der Waals surface area contributed by atoms with Gasteiger partial charge in [0.1, 0.15) is 0 Å². The molecule has 0 atom stereocenters. The number of hydrogen-bond acceptors (Lipinski definition) is 2. The highest BCUT2D eigenvalue weighted by Crippen LogP contribution is 2.40. The molecule has 0 fully saturated rings. The van der Waals surface area contributed by atoms with Crippen LogP contribution in [0.5, 0.6) is 0 Å². The minimum absolute atomic E-state index is 0.754. The Morgan fingerprint density at radius 2 is 1.62 bits per heavy atom. The zero-order chi connectivity index (χ0) is 11.4. The molecule has 0 amide bonds. The van der Waals surface area contributed by atoms with Crippen LogP contribution >= 0.6 is 44.8 Å². The van der Waals surface area contributed by atoms with Gasteiger partial charge in [-0.3, -0.25) is 0 Å². The first kappa shape index (κ1) is 12.2. The van der Waals surface area contributed by atoms with Crippen LogP contribution in [-0.4, -0.2) is 0 Å². The second kappa shape index (κ2) is 5.87. The monoisotopic (exact) mass is 286 g/mol. The summed E-state index contributed by atoms with van der Waals surface area (Å²) in [4.78, 5) is 2.19. The van der Waals surface area contributed by atoms with Crippen LogP contribution in [0.1, 0.15) is 0 Å². The zero-order valence-corrected chi connectivity index (χ0v) is 11.3. The van der Waals surface area contributed by atoms with Crippen molar-refractivity contribution in [1.82, 2.24) is 0 Å². The van der Waals surface area contributed by atoms with E-state index < -0.39 is 0 Å². The van der Waals surface area contributed by atoms with Crippen molar-refractivity contribution in [1.29, 1.82) is 0 Å². The van der Waals surface area contributed by atoms with Gasteiger partial charge >= 0.3 is 0 Å². The Bertz CT molecular complexity index is 486. The largest absolute Gasteiger partial charge is 0.0843 e. The molecule has 0 radical (unpaired) electrons. The van der Waals surface area contributed by atoms with Gasteiger partial charge in [-0.2, -0.15) is 0 Å². The average Bonchev–Trinajstić information content (AvgIpc) is 2.28. The zero-order valence-electron chi connectivity index (χ0n) is 8.19. The van der Waals surface area contributed by atoms with E-state index in [0.29, 0.717) is 0 Å². The Kier molecular flexibility index (Phi) is 4.47. The van der Waals surface area contributed by atoms with E-state index in [2.05, 4.69) is 0 Å². The highest BCUT2D eigenvalue weighted by Gasteiger charge is 2.01. The van der Waals surface area contributed by atoms with Gasteiger partial charge in [0.15, 0.2) is 0 Å². The highest BCUT2D eigenvalue weighted by atomic mass is 35.5. The molecule has 0 nitrogen and oxygen atoms in total. The molecule has 0 aliphatic heterocycles. The van der Waals surface area contributed by atoms with E-state index in [-0.39, 0.29) is 0 Å². The second-order valence-electron chi connectivity index (χ2n) is 3.05. The van der Waals surface area contributed by atoms with E-state index in [1.807, 2.05) is 48.5 Å². The molecule has 0 saturated carbocycles. The lowest BCUT2D eigenvalue weighted by atomic mass is 10.4. The van der Waals surface area contributed by atoms with Crippen LogP contribution in [0, 0.1) is 0 Å². The standard InChI is InChI=1S/C12H8Cl2S2/c13-9-4-3-5-10(8-9)15-16-12-7-2-1-6-11(12)14/h1-8H. The van der Waals surface area contributed by atoms with E-state index in [9.17, 15) is 0 Å². The number of benzene rings is 2. The van der Waals surface area contributed by atoms with Crippen LogP contribution in [0.25, 0.3) is 0 Å². The van der Waals surface area contributed by atoms with Gasteiger partial charge in [0.05, 0.1) is 5.02 Å². The maximum Gasteiger partial charge on any atom is 0.0550 e. The van der Waals surface area contributed by atoms with Crippen molar-refractivity contribution < 1.29 is 0 Å². The molecule has 0 aromatic heterocycles. The molecule has 0 N–H and O–H groups in total. The molecule has 16 heavy (non-hydrogen) atoms. The molecule has 0 spiro atoms. The summed E-state index contributed by atoms with van der Waals surface area (Å²) in [6.07, 6.45) is 0. The van der Waals surface area contributed by atoms with Crippen molar-refractivity contribution in [3.05, 3.63) is 58.6 Å². The van der Waals surface area contributed by atoms with E-state index in [1.54, 1.807) is 21.6 Å². The Labute approximate surface area is 113 Å². The first-order valence-electron chi connectivity index (χ1n) is 4.60. The van der Waals surface area contributed by atoms with Gasteiger partial charge in [-0.05, 0) is 30.3 Å². The van der Waals surface area contributed by atoms with E-state index in [1.165, 1.54) is 0 Å². The van der Waals surface area contributed by atoms with Crippen LogP contribution in [-0.2, 0) is 0 Å². The molecule has 2 aromatic rings. The maximum absolute atomic E-state index is 6.06. The van der Waals surface area contributed by atoms with E-state index >= 15 is 0 Å². The van der Waals surface area contributed by atoms with E-state index in [0.717, 1.165) is 19.8 Å². The second-order valence-corrected chi connectivity index (χ2v) is 6.14. The number of halogens is 2. The molecular formula is C12H8Cl2S2. The molecule has 0 heterocycles. The molecule has 0 aliphatic carbocycles. The third-order valence-corrected chi connectivity index (χ3v) is 4.97. The SMILES string of the molecule is Clc1cccc(SSc2ccccc2Cl)c1. The normalized spacial score (nSPS) is 10.4. The van der Waals surface area contributed by atoms with Crippen LogP contribution < -0.4 is 0 Å². The molecule has 4 heteroatoms. The number of hydrogen-bond donors (Lipinski definition) is 0. The fourth-order valence-corrected chi connectivity index (χ4v) is 3.85. The minimum atomic E-state index is 0.754. The summed E-state index contributed by atoms with van der Waals surface area (Å²) in [5.74, 6) is 0. The van der Waals surface area contributed by atoms with Crippen molar-refractivity contribution in [2.75, 3.05) is 0 Å². The first-order chi connectivity index (χ1) is 7.75. The molecule has 2 aromatic carbocycles. The minimum Gasteiger partial charge on any atom is -0.0843 e. The smallest absolute Gasteiger partial charge is 0.0550 e. The summed E-state index contributed by atoms with van der Waals surface area (Å²) in [6, 6.07) is 15.6. The van der Waals surface area contributed by atoms with Gasteiger partial charge in [0, 0.05) is 14.8 Å². The molecular weight excluding hydrogens is 279 g/mol. The topological polar surface area (TPSA) is 0 Å². The fourth-order valence-electron chi connectivity index (χ4n) is 1.12. The van der Waals surface area contributed by atoms with Crippen LogP contribution in [0.2, 0.25) is 10.0 Å². The van der Waals surface area contributed by atoms with E-state index in [4.69, 9.17) is 23.2 Å². The van der Waals surface area contributed by atoms with Gasteiger partial charge in [-0.15, -0.1) is 0 Å². The predicted molar refractivity (Wildman–Crippen MR) is 74.6 cm³/mol. The molecule has 0 saturated heterocycles. The maximum atomic E-state index is 6.06. The molecule has 82 valence electrons. The molecule has 0 unspecified atom stereocenters. The average molecular weight is 287 g/mol. The molecule has 0 bridgehead atoms. The molecule has 0 aliphatic rings. The first-order valence-corrected chi connectivity index (χ1v) is 7.51. The quantitative estimate of drug-likeness (QED) is 0.655. The van der Waals surface area contributed by atoms with Crippen molar-refractivity contribution >= 4 is 44.8 Å². The van der Waals surface area contributed by atoms with Gasteiger partial charge < -0.3 is 0 Å².